The third-order valence-electron chi connectivity index (χ3n) is 5.01. The molecule has 1 amide bonds. The Morgan fingerprint density at radius 1 is 0.963 bits per heavy atom. The van der Waals surface area contributed by atoms with E-state index in [4.69, 9.17) is 0 Å². The topological polar surface area (TPSA) is 54.9 Å². The molecule has 0 aliphatic heterocycles. The molecule has 1 N–H and O–H groups in total. The molecule has 1 aliphatic rings. The van der Waals surface area contributed by atoms with Gasteiger partial charge in [0, 0.05) is 11.6 Å². The second-order valence-electron chi connectivity index (χ2n) is 7.01. The zero-order chi connectivity index (χ0) is 18.5. The van der Waals surface area contributed by atoms with E-state index in [9.17, 15) is 4.79 Å². The summed E-state index contributed by atoms with van der Waals surface area (Å²) in [6.45, 7) is 0. The third kappa shape index (κ3) is 4.66. The highest BCUT2D eigenvalue weighted by Gasteiger charge is 2.15. The average molecular weight is 378 g/mol. The van der Waals surface area contributed by atoms with Crippen LogP contribution in [0.25, 0.3) is 22.0 Å². The van der Waals surface area contributed by atoms with Crippen molar-refractivity contribution in [1.29, 1.82) is 0 Å². The van der Waals surface area contributed by atoms with Crippen LogP contribution in [0.1, 0.15) is 32.1 Å². The van der Waals surface area contributed by atoms with Crippen molar-refractivity contribution in [3.05, 3.63) is 54.6 Å². The van der Waals surface area contributed by atoms with Crippen LogP contribution in [0.4, 0.5) is 0 Å². The number of nitrogens with one attached hydrogen (secondary N) is 1. The number of carbonyl (C=O) groups is 1. The monoisotopic (exact) mass is 377 g/mol. The standard InChI is InChI=1S/C22H23N3OS/c26-21(23-19-8-2-1-3-9-19)15-27-22-13-12-20(24-25-22)18-11-10-16-6-4-5-7-17(16)14-18/h4-7,10-14,19H,1-3,8-9,15H2,(H,23,26). The number of benzene rings is 2. The van der Waals surface area contributed by atoms with Crippen molar-refractivity contribution in [3.8, 4) is 11.3 Å². The first-order chi connectivity index (χ1) is 13.3. The minimum atomic E-state index is 0.0901. The largest absolute Gasteiger partial charge is 0.353 e. The van der Waals surface area contributed by atoms with Crippen molar-refractivity contribution in [2.45, 2.75) is 43.2 Å². The Bertz CT molecular complexity index is 920. The molecule has 0 spiro atoms. The number of aromatic nitrogens is 2. The smallest absolute Gasteiger partial charge is 0.230 e. The molecular formula is C22H23N3OS. The first-order valence-electron chi connectivity index (χ1n) is 9.53. The molecule has 27 heavy (non-hydrogen) atoms. The first-order valence-corrected chi connectivity index (χ1v) is 10.5. The Kier molecular flexibility index (Phi) is 5.68. The number of fused-ring (bicyclic) bond motifs is 1. The second kappa shape index (κ2) is 8.53. The third-order valence-corrected chi connectivity index (χ3v) is 5.93. The lowest BCUT2D eigenvalue weighted by Crippen LogP contribution is -2.37. The van der Waals surface area contributed by atoms with Gasteiger partial charge in [0.25, 0.3) is 0 Å². The minimum absolute atomic E-state index is 0.0901. The summed E-state index contributed by atoms with van der Waals surface area (Å²) in [5.41, 5.74) is 1.89. The van der Waals surface area contributed by atoms with Crippen LogP contribution >= 0.6 is 11.8 Å². The molecule has 1 aliphatic carbocycles. The van der Waals surface area contributed by atoms with E-state index in [2.05, 4.69) is 45.8 Å². The molecule has 0 radical (unpaired) electrons. The lowest BCUT2D eigenvalue weighted by Gasteiger charge is -2.22. The van der Waals surface area contributed by atoms with Gasteiger partial charge in [0.1, 0.15) is 5.03 Å². The molecule has 0 unspecified atom stereocenters. The van der Waals surface area contributed by atoms with E-state index >= 15 is 0 Å². The molecule has 4 nitrogen and oxygen atoms in total. The second-order valence-corrected chi connectivity index (χ2v) is 8.01. The Labute approximate surface area is 163 Å². The molecule has 0 bridgehead atoms. The first kappa shape index (κ1) is 18.0. The summed E-state index contributed by atoms with van der Waals surface area (Å²) in [6, 6.07) is 18.8. The van der Waals surface area contributed by atoms with Crippen molar-refractivity contribution in [2.24, 2.45) is 0 Å². The summed E-state index contributed by atoms with van der Waals surface area (Å²) in [6.07, 6.45) is 5.95. The highest BCUT2D eigenvalue weighted by Crippen LogP contribution is 2.24. The Morgan fingerprint density at radius 2 is 1.78 bits per heavy atom. The number of thioether (sulfide) groups is 1. The van der Waals surface area contributed by atoms with Crippen LogP contribution in [0, 0.1) is 0 Å². The van der Waals surface area contributed by atoms with E-state index in [0.717, 1.165) is 29.1 Å². The van der Waals surface area contributed by atoms with Crippen LogP contribution in [0.2, 0.25) is 0 Å². The summed E-state index contributed by atoms with van der Waals surface area (Å²) in [7, 11) is 0. The molecule has 3 aromatic rings. The van der Waals surface area contributed by atoms with Gasteiger partial charge in [-0.25, -0.2) is 0 Å². The van der Waals surface area contributed by atoms with Gasteiger partial charge in [0.05, 0.1) is 11.4 Å². The molecular weight excluding hydrogens is 354 g/mol. The fourth-order valence-electron chi connectivity index (χ4n) is 3.56. The van der Waals surface area contributed by atoms with Crippen LogP contribution in [-0.2, 0) is 4.79 Å². The van der Waals surface area contributed by atoms with Crippen LogP contribution in [0.3, 0.4) is 0 Å². The van der Waals surface area contributed by atoms with Crippen LogP contribution in [0.5, 0.6) is 0 Å². The van der Waals surface area contributed by atoms with E-state index in [1.165, 1.54) is 41.8 Å². The molecule has 2 aromatic carbocycles. The van der Waals surface area contributed by atoms with Crippen LogP contribution in [-0.4, -0.2) is 27.9 Å². The Hall–Kier alpha value is -2.40. The predicted molar refractivity (Wildman–Crippen MR) is 111 cm³/mol. The average Bonchev–Trinajstić information content (AvgIpc) is 2.73. The molecule has 0 saturated heterocycles. The summed E-state index contributed by atoms with van der Waals surface area (Å²) < 4.78 is 0. The van der Waals surface area contributed by atoms with Crippen LogP contribution in [0.15, 0.2) is 59.6 Å². The molecule has 138 valence electrons. The summed E-state index contributed by atoms with van der Waals surface area (Å²) in [4.78, 5) is 12.1. The molecule has 1 saturated carbocycles. The zero-order valence-corrected chi connectivity index (χ0v) is 16.0. The van der Waals surface area contributed by atoms with Gasteiger partial charge in [0.2, 0.25) is 5.91 Å². The van der Waals surface area contributed by atoms with Gasteiger partial charge >= 0.3 is 0 Å². The lowest BCUT2D eigenvalue weighted by molar-refractivity contribution is -0.119. The maximum Gasteiger partial charge on any atom is 0.230 e. The van der Waals surface area contributed by atoms with Crippen LogP contribution < -0.4 is 5.32 Å². The van der Waals surface area contributed by atoms with E-state index in [0.29, 0.717) is 11.8 Å². The lowest BCUT2D eigenvalue weighted by atomic mass is 9.95. The molecule has 1 heterocycles. The number of hydrogen-bond donors (Lipinski definition) is 1. The van der Waals surface area contributed by atoms with Gasteiger partial charge in [-0.1, -0.05) is 67.4 Å². The number of carbonyl (C=O) groups excluding carboxylic acids is 1. The van der Waals surface area contributed by atoms with Crippen molar-refractivity contribution >= 4 is 28.4 Å². The van der Waals surface area contributed by atoms with E-state index in [1.54, 1.807) is 0 Å². The van der Waals surface area contributed by atoms with E-state index in [-0.39, 0.29) is 5.91 Å². The maximum absolute atomic E-state index is 12.1. The molecule has 1 fully saturated rings. The quantitative estimate of drug-likeness (QED) is 0.647. The van der Waals surface area contributed by atoms with Crippen molar-refractivity contribution in [2.75, 3.05) is 5.75 Å². The number of nitrogens with zero attached hydrogens (tertiary/aromatic N) is 2. The fourth-order valence-corrected chi connectivity index (χ4v) is 4.18. The van der Waals surface area contributed by atoms with Gasteiger partial charge in [-0.3, -0.25) is 4.79 Å². The van der Waals surface area contributed by atoms with Crippen molar-refractivity contribution in [3.63, 3.8) is 0 Å². The van der Waals surface area contributed by atoms with Crippen molar-refractivity contribution < 1.29 is 4.79 Å². The Morgan fingerprint density at radius 3 is 2.56 bits per heavy atom. The van der Waals surface area contributed by atoms with E-state index in [1.807, 2.05) is 24.3 Å². The molecule has 1 aromatic heterocycles. The SMILES string of the molecule is O=C(CSc1ccc(-c2ccc3ccccc3c2)nn1)NC1CCCCC1. The van der Waals surface area contributed by atoms with Crippen molar-refractivity contribution in [1.82, 2.24) is 15.5 Å². The van der Waals surface area contributed by atoms with Gasteiger partial charge in [-0.15, -0.1) is 10.2 Å². The number of rotatable bonds is 5. The predicted octanol–water partition coefficient (Wildman–Crippen LogP) is 4.84. The fraction of sp³-hybridized carbons (Fsp3) is 0.318. The van der Waals surface area contributed by atoms with Gasteiger partial charge in [-0.05, 0) is 41.8 Å². The summed E-state index contributed by atoms with van der Waals surface area (Å²) in [5.74, 6) is 0.479. The van der Waals surface area contributed by atoms with E-state index < -0.39 is 0 Å². The highest BCUT2D eigenvalue weighted by atomic mass is 32.2. The van der Waals surface area contributed by atoms with Gasteiger partial charge in [0.15, 0.2) is 0 Å². The highest BCUT2D eigenvalue weighted by molar-refractivity contribution is 7.99. The summed E-state index contributed by atoms with van der Waals surface area (Å²) in [5, 5.41) is 14.9. The number of amides is 1. The summed E-state index contributed by atoms with van der Waals surface area (Å²) >= 11 is 1.44. The maximum atomic E-state index is 12.1. The minimum Gasteiger partial charge on any atom is -0.353 e. The zero-order valence-electron chi connectivity index (χ0n) is 15.2. The normalized spacial score (nSPS) is 15.0. The molecule has 5 heteroatoms. The number of hydrogen-bond acceptors (Lipinski definition) is 4. The van der Waals surface area contributed by atoms with Gasteiger partial charge in [-0.2, -0.15) is 0 Å². The molecule has 4 rings (SSSR count). The molecule has 0 atom stereocenters. The van der Waals surface area contributed by atoms with Gasteiger partial charge < -0.3 is 5.32 Å². The Balaban J connectivity index is 1.36.